The fourth-order valence-electron chi connectivity index (χ4n) is 1.47. The highest BCUT2D eigenvalue weighted by atomic mass is 16.5. The van der Waals surface area contributed by atoms with Crippen molar-refractivity contribution < 1.29 is 9.47 Å². The summed E-state index contributed by atoms with van der Waals surface area (Å²) in [6.45, 7) is 1.90. The lowest BCUT2D eigenvalue weighted by Gasteiger charge is -2.20. The van der Waals surface area contributed by atoms with Crippen LogP contribution in [-0.2, 0) is 0 Å². The Morgan fingerprint density at radius 3 is 2.44 bits per heavy atom. The molecule has 0 saturated heterocycles. The topological polar surface area (TPSA) is 33.7 Å². The molecule has 1 aromatic rings. The molecule has 4 heteroatoms. The number of ether oxygens (including phenoxy) is 2. The highest BCUT2D eigenvalue weighted by Crippen LogP contribution is 2.30. The molecule has 16 heavy (non-hydrogen) atoms. The molecule has 1 aromatic carbocycles. The van der Waals surface area contributed by atoms with E-state index in [-0.39, 0.29) is 0 Å². The Hall–Kier alpha value is -1.42. The summed E-state index contributed by atoms with van der Waals surface area (Å²) in [6.07, 6.45) is 0. The first-order valence-electron chi connectivity index (χ1n) is 5.30. The van der Waals surface area contributed by atoms with E-state index >= 15 is 0 Å². The highest BCUT2D eigenvalue weighted by Gasteiger charge is 2.06. The number of hydrogen-bond acceptors (Lipinski definition) is 4. The Labute approximate surface area is 97.2 Å². The van der Waals surface area contributed by atoms with Gasteiger partial charge in [-0.25, -0.2) is 0 Å². The van der Waals surface area contributed by atoms with Crippen LogP contribution >= 0.6 is 0 Å². The molecule has 0 spiro atoms. The van der Waals surface area contributed by atoms with Crippen molar-refractivity contribution in [2.75, 3.05) is 46.3 Å². The van der Waals surface area contributed by atoms with Crippen molar-refractivity contribution in [3.8, 4) is 11.5 Å². The number of nitrogens with one attached hydrogen (secondary N) is 1. The number of hydrogen-bond donors (Lipinski definition) is 1. The second-order valence-electron chi connectivity index (χ2n) is 3.56. The molecule has 0 saturated carbocycles. The van der Waals surface area contributed by atoms with Crippen LogP contribution in [0.2, 0.25) is 0 Å². The lowest BCUT2D eigenvalue weighted by Crippen LogP contribution is -2.26. The van der Waals surface area contributed by atoms with Gasteiger partial charge < -0.3 is 19.7 Å². The van der Waals surface area contributed by atoms with Crippen LogP contribution in [0.15, 0.2) is 18.2 Å². The third-order valence-corrected chi connectivity index (χ3v) is 2.51. The number of anilines is 1. The Kier molecular flexibility index (Phi) is 4.92. The van der Waals surface area contributed by atoms with Gasteiger partial charge in [-0.3, -0.25) is 0 Å². The molecule has 0 unspecified atom stereocenters. The van der Waals surface area contributed by atoms with Crippen LogP contribution in [0.4, 0.5) is 5.69 Å². The summed E-state index contributed by atoms with van der Waals surface area (Å²) in [5.41, 5.74) is 1.12. The maximum absolute atomic E-state index is 5.26. The van der Waals surface area contributed by atoms with Gasteiger partial charge in [0.25, 0.3) is 0 Å². The van der Waals surface area contributed by atoms with Crippen LogP contribution in [0.1, 0.15) is 0 Å². The van der Waals surface area contributed by atoms with Gasteiger partial charge in [0.15, 0.2) is 11.5 Å². The van der Waals surface area contributed by atoms with Gasteiger partial charge >= 0.3 is 0 Å². The number of methoxy groups -OCH3 is 2. The zero-order valence-electron chi connectivity index (χ0n) is 10.4. The number of likely N-dealkylation sites (N-methyl/N-ethyl adjacent to an activating group) is 2. The van der Waals surface area contributed by atoms with Gasteiger partial charge in [0.1, 0.15) is 0 Å². The van der Waals surface area contributed by atoms with Gasteiger partial charge in [-0.05, 0) is 19.2 Å². The molecule has 0 aromatic heterocycles. The molecule has 0 heterocycles. The van der Waals surface area contributed by atoms with Gasteiger partial charge in [0, 0.05) is 31.9 Å². The molecule has 0 radical (unpaired) electrons. The second-order valence-corrected chi connectivity index (χ2v) is 3.56. The van der Waals surface area contributed by atoms with Crippen LogP contribution < -0.4 is 19.7 Å². The van der Waals surface area contributed by atoms with Gasteiger partial charge in [0.2, 0.25) is 0 Å². The normalized spacial score (nSPS) is 10.0. The van der Waals surface area contributed by atoms with E-state index in [2.05, 4.69) is 17.3 Å². The fourth-order valence-corrected chi connectivity index (χ4v) is 1.47. The standard InChI is InChI=1S/C12H20N2O2/c1-13-7-8-14(2)10-5-6-11(15-3)12(9-10)16-4/h5-6,9,13H,7-8H2,1-4H3. The van der Waals surface area contributed by atoms with Gasteiger partial charge in [-0.1, -0.05) is 0 Å². The Balaban J connectivity index is 2.81. The first kappa shape index (κ1) is 12.6. The Bertz CT molecular complexity index is 329. The van der Waals surface area contributed by atoms with Crippen molar-refractivity contribution in [2.45, 2.75) is 0 Å². The van der Waals surface area contributed by atoms with Crippen molar-refractivity contribution in [3.63, 3.8) is 0 Å². The van der Waals surface area contributed by atoms with Crippen LogP contribution in [0.5, 0.6) is 11.5 Å². The van der Waals surface area contributed by atoms with Crippen LogP contribution in [0.25, 0.3) is 0 Å². The van der Waals surface area contributed by atoms with E-state index in [1.54, 1.807) is 14.2 Å². The van der Waals surface area contributed by atoms with E-state index in [9.17, 15) is 0 Å². The smallest absolute Gasteiger partial charge is 0.162 e. The molecule has 0 aliphatic carbocycles. The Morgan fingerprint density at radius 2 is 1.88 bits per heavy atom. The number of nitrogens with zero attached hydrogens (tertiary/aromatic N) is 1. The maximum atomic E-state index is 5.26. The molecule has 1 rings (SSSR count). The highest BCUT2D eigenvalue weighted by molar-refractivity contribution is 5.56. The first-order valence-corrected chi connectivity index (χ1v) is 5.30. The summed E-state index contributed by atoms with van der Waals surface area (Å²) in [7, 11) is 7.29. The third-order valence-electron chi connectivity index (χ3n) is 2.51. The van der Waals surface area contributed by atoms with E-state index in [1.807, 2.05) is 25.2 Å². The minimum absolute atomic E-state index is 0.758. The summed E-state index contributed by atoms with van der Waals surface area (Å²) >= 11 is 0. The minimum Gasteiger partial charge on any atom is -0.493 e. The molecule has 0 aliphatic rings. The van der Waals surface area contributed by atoms with Crippen molar-refractivity contribution >= 4 is 5.69 Å². The van der Waals surface area contributed by atoms with Crippen molar-refractivity contribution in [1.29, 1.82) is 0 Å². The molecule has 0 amide bonds. The Morgan fingerprint density at radius 1 is 1.19 bits per heavy atom. The molecule has 0 fully saturated rings. The lowest BCUT2D eigenvalue weighted by molar-refractivity contribution is 0.355. The number of rotatable bonds is 6. The van der Waals surface area contributed by atoms with Crippen molar-refractivity contribution in [3.05, 3.63) is 18.2 Å². The van der Waals surface area contributed by atoms with Crippen LogP contribution in [0.3, 0.4) is 0 Å². The predicted molar refractivity (Wildman–Crippen MR) is 66.7 cm³/mol. The average molecular weight is 224 g/mol. The SMILES string of the molecule is CNCCN(C)c1ccc(OC)c(OC)c1. The largest absolute Gasteiger partial charge is 0.493 e. The first-order chi connectivity index (χ1) is 7.72. The van der Waals surface area contributed by atoms with Crippen LogP contribution in [0, 0.1) is 0 Å². The van der Waals surface area contributed by atoms with E-state index in [0.29, 0.717) is 0 Å². The van der Waals surface area contributed by atoms with Crippen molar-refractivity contribution in [2.24, 2.45) is 0 Å². The summed E-state index contributed by atoms with van der Waals surface area (Å²) in [4.78, 5) is 2.17. The van der Waals surface area contributed by atoms with Crippen LogP contribution in [-0.4, -0.2) is 41.4 Å². The predicted octanol–water partition coefficient (Wildman–Crippen LogP) is 1.36. The number of benzene rings is 1. The van der Waals surface area contributed by atoms with E-state index in [1.165, 1.54) is 0 Å². The van der Waals surface area contributed by atoms with Gasteiger partial charge in [-0.15, -0.1) is 0 Å². The van der Waals surface area contributed by atoms with Crippen molar-refractivity contribution in [1.82, 2.24) is 5.32 Å². The van der Waals surface area contributed by atoms with Gasteiger partial charge in [0.05, 0.1) is 14.2 Å². The molecule has 0 aliphatic heterocycles. The van der Waals surface area contributed by atoms with E-state index in [4.69, 9.17) is 9.47 Å². The maximum Gasteiger partial charge on any atom is 0.162 e. The molecule has 1 N–H and O–H groups in total. The average Bonchev–Trinajstić information content (AvgIpc) is 2.34. The quantitative estimate of drug-likeness (QED) is 0.791. The fraction of sp³-hybridized carbons (Fsp3) is 0.500. The molecule has 0 bridgehead atoms. The molecule has 90 valence electrons. The molecular weight excluding hydrogens is 204 g/mol. The summed E-state index contributed by atoms with van der Waals surface area (Å²) in [5, 5.41) is 3.12. The van der Waals surface area contributed by atoms with Gasteiger partial charge in [-0.2, -0.15) is 0 Å². The molecule has 0 atom stereocenters. The third kappa shape index (κ3) is 3.03. The monoisotopic (exact) mass is 224 g/mol. The molecular formula is C12H20N2O2. The zero-order chi connectivity index (χ0) is 12.0. The summed E-state index contributed by atoms with van der Waals surface area (Å²) in [6, 6.07) is 5.93. The minimum atomic E-state index is 0.758. The molecule has 4 nitrogen and oxygen atoms in total. The van der Waals surface area contributed by atoms with E-state index in [0.717, 1.165) is 30.3 Å². The zero-order valence-corrected chi connectivity index (χ0v) is 10.4. The summed E-state index contributed by atoms with van der Waals surface area (Å²) in [5.74, 6) is 1.52. The van der Waals surface area contributed by atoms with E-state index < -0.39 is 0 Å². The lowest BCUT2D eigenvalue weighted by atomic mass is 10.2. The summed E-state index contributed by atoms with van der Waals surface area (Å²) < 4.78 is 10.5. The second kappa shape index (κ2) is 6.23.